The molecule has 0 aliphatic heterocycles. The molecule has 2 nitrogen and oxygen atoms in total. The maximum atomic E-state index is 2.43. The van der Waals surface area contributed by atoms with Crippen LogP contribution in [0.15, 0.2) is 224 Å². The van der Waals surface area contributed by atoms with E-state index in [-0.39, 0.29) is 0 Å². The van der Waals surface area contributed by atoms with Gasteiger partial charge in [-0.15, -0.1) is 0 Å². The van der Waals surface area contributed by atoms with E-state index < -0.39 is 0 Å². The number of aromatic nitrogens is 1. The van der Waals surface area contributed by atoms with Crippen molar-refractivity contribution in [1.29, 1.82) is 0 Å². The van der Waals surface area contributed by atoms with Crippen LogP contribution >= 0.6 is 0 Å². The second-order valence-electron chi connectivity index (χ2n) is 15.6. The SMILES string of the molecule is C1=Cc2c(cccc2-c2ccc(N(c3cccc(-c4cccc5c4c4ccc(-c6ccccc6)cc4n5-c4ccccc4)c3)c3ccccc3-c3ccccc3)cc2)CC1. The number of para-hydroxylation sites is 2. The van der Waals surface area contributed by atoms with Crippen LogP contribution in [0.4, 0.5) is 17.1 Å². The number of rotatable bonds is 8. The third-order valence-electron chi connectivity index (χ3n) is 12.1. The van der Waals surface area contributed by atoms with Crippen molar-refractivity contribution in [2.24, 2.45) is 0 Å². The van der Waals surface area contributed by atoms with Gasteiger partial charge in [0.25, 0.3) is 0 Å². The lowest BCUT2D eigenvalue weighted by Crippen LogP contribution is -2.11. The highest BCUT2D eigenvalue weighted by Crippen LogP contribution is 2.45. The van der Waals surface area contributed by atoms with Gasteiger partial charge in [0, 0.05) is 33.4 Å². The Morgan fingerprint density at radius 3 is 1.85 bits per heavy atom. The average Bonchev–Trinajstić information content (AvgIpc) is 3.67. The first-order valence-electron chi connectivity index (χ1n) is 20.9. The van der Waals surface area contributed by atoms with Gasteiger partial charge in [0.1, 0.15) is 0 Å². The normalized spacial score (nSPS) is 12.1. The third kappa shape index (κ3) is 6.31. The van der Waals surface area contributed by atoms with Crippen LogP contribution in [0.3, 0.4) is 0 Å². The van der Waals surface area contributed by atoms with Gasteiger partial charge in [0.05, 0.1) is 16.7 Å². The molecule has 0 unspecified atom stereocenters. The van der Waals surface area contributed by atoms with Crippen molar-refractivity contribution in [1.82, 2.24) is 4.57 Å². The van der Waals surface area contributed by atoms with Gasteiger partial charge >= 0.3 is 0 Å². The van der Waals surface area contributed by atoms with Gasteiger partial charge in [-0.3, -0.25) is 0 Å². The standard InChI is InChI=1S/C58H42N2/c1-4-17-41(18-5-1)45-35-38-54-57(40-45)60(47-24-8-3-9-25-47)56-32-16-30-53(58(54)56)46-23-14-26-49(39-46)59(55-31-13-12-28-52(55)43-19-6-2-7-20-43)48-36-33-44(34-37-48)51-29-15-22-42-21-10-11-27-50(42)51/h1-9,11-20,22-40H,10,21H2. The van der Waals surface area contributed by atoms with Gasteiger partial charge in [0.2, 0.25) is 0 Å². The lowest BCUT2D eigenvalue weighted by Gasteiger charge is -2.28. The van der Waals surface area contributed by atoms with E-state index in [0.717, 1.165) is 35.6 Å². The lowest BCUT2D eigenvalue weighted by atomic mass is 9.90. The zero-order valence-corrected chi connectivity index (χ0v) is 33.2. The molecule has 0 fully saturated rings. The minimum absolute atomic E-state index is 1.09. The summed E-state index contributed by atoms with van der Waals surface area (Å²) in [5, 5.41) is 2.48. The second kappa shape index (κ2) is 15.2. The molecule has 1 aliphatic rings. The molecule has 10 aromatic rings. The number of fused-ring (bicyclic) bond motifs is 4. The van der Waals surface area contributed by atoms with Gasteiger partial charge in [0.15, 0.2) is 0 Å². The van der Waals surface area contributed by atoms with Crippen molar-refractivity contribution < 1.29 is 0 Å². The highest BCUT2D eigenvalue weighted by atomic mass is 15.1. The van der Waals surface area contributed by atoms with Gasteiger partial charge in [-0.05, 0) is 118 Å². The molecule has 0 amide bonds. The van der Waals surface area contributed by atoms with E-state index >= 15 is 0 Å². The predicted octanol–water partition coefficient (Wildman–Crippen LogP) is 15.9. The molecule has 0 atom stereocenters. The number of hydrogen-bond donors (Lipinski definition) is 0. The average molecular weight is 767 g/mol. The Hall–Kier alpha value is -7.68. The summed E-state index contributed by atoms with van der Waals surface area (Å²) in [5.41, 5.74) is 19.3. The minimum atomic E-state index is 1.09. The monoisotopic (exact) mass is 766 g/mol. The van der Waals surface area contributed by atoms with Crippen molar-refractivity contribution in [3.63, 3.8) is 0 Å². The van der Waals surface area contributed by atoms with Crippen molar-refractivity contribution in [2.45, 2.75) is 12.8 Å². The fraction of sp³-hybridized carbons (Fsp3) is 0.0345. The molecular weight excluding hydrogens is 725 g/mol. The first kappa shape index (κ1) is 35.5. The maximum absolute atomic E-state index is 2.43. The molecule has 60 heavy (non-hydrogen) atoms. The molecule has 2 heteroatoms. The van der Waals surface area contributed by atoms with E-state index in [0.29, 0.717) is 0 Å². The first-order valence-corrected chi connectivity index (χ1v) is 20.9. The summed E-state index contributed by atoms with van der Waals surface area (Å²) in [6.45, 7) is 0. The smallest absolute Gasteiger partial charge is 0.0547 e. The van der Waals surface area contributed by atoms with Gasteiger partial charge in [-0.2, -0.15) is 0 Å². The minimum Gasteiger partial charge on any atom is -0.310 e. The topological polar surface area (TPSA) is 8.17 Å². The fourth-order valence-corrected chi connectivity index (χ4v) is 9.25. The van der Waals surface area contributed by atoms with E-state index in [9.17, 15) is 0 Å². The van der Waals surface area contributed by atoms with Gasteiger partial charge < -0.3 is 9.47 Å². The Morgan fingerprint density at radius 2 is 1.03 bits per heavy atom. The third-order valence-corrected chi connectivity index (χ3v) is 12.1. The van der Waals surface area contributed by atoms with E-state index in [1.54, 1.807) is 0 Å². The zero-order valence-electron chi connectivity index (χ0n) is 33.2. The van der Waals surface area contributed by atoms with Crippen LogP contribution in [0.1, 0.15) is 17.5 Å². The highest BCUT2D eigenvalue weighted by molar-refractivity contribution is 6.16. The summed E-state index contributed by atoms with van der Waals surface area (Å²) >= 11 is 0. The van der Waals surface area contributed by atoms with Gasteiger partial charge in [-0.25, -0.2) is 0 Å². The van der Waals surface area contributed by atoms with Crippen LogP contribution in [-0.4, -0.2) is 4.57 Å². The molecule has 0 radical (unpaired) electrons. The first-order chi connectivity index (χ1) is 29.8. The molecule has 0 bridgehead atoms. The Labute approximate surface area is 351 Å². The summed E-state index contributed by atoms with van der Waals surface area (Å²) < 4.78 is 2.42. The number of hydrogen-bond acceptors (Lipinski definition) is 1. The Morgan fingerprint density at radius 1 is 0.400 bits per heavy atom. The van der Waals surface area contributed by atoms with Crippen LogP contribution in [0.25, 0.3) is 78.1 Å². The second-order valence-corrected chi connectivity index (χ2v) is 15.6. The van der Waals surface area contributed by atoms with Crippen LogP contribution in [0.2, 0.25) is 0 Å². The summed E-state index contributed by atoms with van der Waals surface area (Å²) in [7, 11) is 0. The fourth-order valence-electron chi connectivity index (χ4n) is 9.25. The number of anilines is 3. The summed E-state index contributed by atoms with van der Waals surface area (Å²) in [6.07, 6.45) is 6.80. The molecule has 0 N–H and O–H groups in total. The summed E-state index contributed by atoms with van der Waals surface area (Å²) in [5.74, 6) is 0. The maximum Gasteiger partial charge on any atom is 0.0547 e. The van der Waals surface area contributed by atoms with Crippen LogP contribution < -0.4 is 4.90 Å². The molecule has 11 rings (SSSR count). The number of benzene rings is 9. The quantitative estimate of drug-likeness (QED) is 0.150. The lowest BCUT2D eigenvalue weighted by molar-refractivity contribution is 0.986. The number of nitrogens with zero attached hydrogens (tertiary/aromatic N) is 2. The molecule has 0 saturated heterocycles. The van der Waals surface area contributed by atoms with Gasteiger partial charge in [-0.1, -0.05) is 176 Å². The molecule has 1 aromatic heterocycles. The largest absolute Gasteiger partial charge is 0.310 e. The van der Waals surface area contributed by atoms with E-state index in [2.05, 4.69) is 240 Å². The molecule has 1 aliphatic carbocycles. The van der Waals surface area contributed by atoms with Crippen molar-refractivity contribution in [3.8, 4) is 50.2 Å². The Bertz CT molecular complexity index is 3180. The summed E-state index contributed by atoms with van der Waals surface area (Å²) in [4.78, 5) is 2.43. The predicted molar refractivity (Wildman–Crippen MR) is 255 cm³/mol. The van der Waals surface area contributed by atoms with Crippen molar-refractivity contribution in [3.05, 3.63) is 236 Å². The Kier molecular flexibility index (Phi) is 9.02. The van der Waals surface area contributed by atoms with Crippen molar-refractivity contribution >= 4 is 44.9 Å². The van der Waals surface area contributed by atoms with E-state index in [1.807, 2.05) is 0 Å². The van der Waals surface area contributed by atoms with Crippen LogP contribution in [-0.2, 0) is 6.42 Å². The zero-order chi connectivity index (χ0) is 39.8. The van der Waals surface area contributed by atoms with Crippen LogP contribution in [0, 0.1) is 0 Å². The van der Waals surface area contributed by atoms with E-state index in [1.165, 1.54) is 77.4 Å². The highest BCUT2D eigenvalue weighted by Gasteiger charge is 2.21. The molecule has 1 heterocycles. The Balaban J connectivity index is 1.09. The van der Waals surface area contributed by atoms with Crippen molar-refractivity contribution in [2.75, 3.05) is 4.90 Å². The molecule has 9 aromatic carbocycles. The number of allylic oxidation sites excluding steroid dienone is 1. The molecule has 0 saturated carbocycles. The number of aryl methyl sites for hydroxylation is 1. The van der Waals surface area contributed by atoms with Crippen LogP contribution in [0.5, 0.6) is 0 Å². The van der Waals surface area contributed by atoms with E-state index in [4.69, 9.17) is 0 Å². The summed E-state index contributed by atoms with van der Waals surface area (Å²) in [6, 6.07) is 79.6. The molecule has 284 valence electrons. The molecular formula is C58H42N2. The molecule has 0 spiro atoms.